The van der Waals surface area contributed by atoms with Gasteiger partial charge in [-0.15, -0.1) is 10.2 Å². The van der Waals surface area contributed by atoms with Crippen molar-refractivity contribution in [3.8, 4) is 11.3 Å². The van der Waals surface area contributed by atoms with Gasteiger partial charge in [0.1, 0.15) is 5.69 Å². The zero-order valence-electron chi connectivity index (χ0n) is 13.1. The molecular formula is C20H13Cl2N3. The largest absolute Gasteiger partial charge is 0.336 e. The van der Waals surface area contributed by atoms with Gasteiger partial charge in [-0.3, -0.25) is 0 Å². The van der Waals surface area contributed by atoms with Gasteiger partial charge in [-0.1, -0.05) is 83.9 Å². The van der Waals surface area contributed by atoms with E-state index >= 15 is 0 Å². The van der Waals surface area contributed by atoms with Crippen LogP contribution in [0.4, 0.5) is 11.5 Å². The minimum Gasteiger partial charge on any atom is -0.336 e. The summed E-state index contributed by atoms with van der Waals surface area (Å²) in [5.41, 5.74) is 2.48. The van der Waals surface area contributed by atoms with Gasteiger partial charge >= 0.3 is 0 Å². The van der Waals surface area contributed by atoms with E-state index in [0.29, 0.717) is 21.6 Å². The lowest BCUT2D eigenvalue weighted by molar-refractivity contribution is 1.06. The zero-order valence-corrected chi connectivity index (χ0v) is 14.6. The number of rotatable bonds is 3. The summed E-state index contributed by atoms with van der Waals surface area (Å²) in [5.74, 6) is 0.616. The normalized spacial score (nSPS) is 10.8. The first-order valence-corrected chi connectivity index (χ1v) is 8.51. The second kappa shape index (κ2) is 6.71. The molecule has 1 N–H and O–H groups in total. The molecule has 4 aromatic rings. The predicted molar refractivity (Wildman–Crippen MR) is 105 cm³/mol. The molecule has 0 fully saturated rings. The second-order valence-electron chi connectivity index (χ2n) is 5.53. The molecule has 25 heavy (non-hydrogen) atoms. The van der Waals surface area contributed by atoms with Gasteiger partial charge in [0.15, 0.2) is 5.82 Å². The highest BCUT2D eigenvalue weighted by molar-refractivity contribution is 6.39. The molecule has 0 aliphatic carbocycles. The van der Waals surface area contributed by atoms with Crippen molar-refractivity contribution in [2.24, 2.45) is 0 Å². The van der Waals surface area contributed by atoms with E-state index in [9.17, 15) is 0 Å². The van der Waals surface area contributed by atoms with Gasteiger partial charge in [-0.2, -0.15) is 0 Å². The van der Waals surface area contributed by atoms with Gasteiger partial charge in [0, 0.05) is 16.3 Å². The SMILES string of the molecule is Clc1cccc(Cl)c1Nc1nnc(-c2ccccc2)c2ccccc12. The third-order valence-corrected chi connectivity index (χ3v) is 4.57. The molecule has 1 heterocycles. The van der Waals surface area contributed by atoms with Crippen molar-refractivity contribution in [2.45, 2.75) is 0 Å². The maximum atomic E-state index is 6.26. The molecule has 122 valence electrons. The van der Waals surface area contributed by atoms with Crippen LogP contribution in [0.25, 0.3) is 22.0 Å². The van der Waals surface area contributed by atoms with Crippen molar-refractivity contribution in [3.63, 3.8) is 0 Å². The molecule has 0 atom stereocenters. The summed E-state index contributed by atoms with van der Waals surface area (Å²) in [5, 5.41) is 15.1. The molecule has 0 saturated heterocycles. The van der Waals surface area contributed by atoms with Gasteiger partial charge in [0.05, 0.1) is 15.7 Å². The van der Waals surface area contributed by atoms with E-state index in [0.717, 1.165) is 22.0 Å². The molecule has 0 aliphatic rings. The molecule has 0 spiro atoms. The lowest BCUT2D eigenvalue weighted by atomic mass is 10.0. The number of hydrogen-bond donors (Lipinski definition) is 1. The Balaban J connectivity index is 1.87. The highest BCUT2D eigenvalue weighted by Gasteiger charge is 2.13. The van der Waals surface area contributed by atoms with Crippen LogP contribution >= 0.6 is 23.2 Å². The first-order chi connectivity index (χ1) is 12.2. The van der Waals surface area contributed by atoms with Crippen molar-refractivity contribution in [2.75, 3.05) is 5.32 Å². The highest BCUT2D eigenvalue weighted by Crippen LogP contribution is 2.35. The van der Waals surface area contributed by atoms with Crippen LogP contribution < -0.4 is 5.32 Å². The summed E-state index contributed by atoms with van der Waals surface area (Å²) in [6.07, 6.45) is 0. The van der Waals surface area contributed by atoms with E-state index in [1.54, 1.807) is 18.2 Å². The number of para-hydroxylation sites is 1. The number of anilines is 2. The van der Waals surface area contributed by atoms with E-state index < -0.39 is 0 Å². The van der Waals surface area contributed by atoms with Crippen molar-refractivity contribution >= 4 is 45.5 Å². The van der Waals surface area contributed by atoms with Crippen molar-refractivity contribution in [1.82, 2.24) is 10.2 Å². The number of halogens is 2. The number of nitrogens with zero attached hydrogens (tertiary/aromatic N) is 2. The Morgan fingerprint density at radius 3 is 2.00 bits per heavy atom. The fourth-order valence-electron chi connectivity index (χ4n) is 2.74. The Bertz CT molecular complexity index is 1030. The molecule has 5 heteroatoms. The van der Waals surface area contributed by atoms with Crippen molar-refractivity contribution in [3.05, 3.63) is 82.8 Å². The Morgan fingerprint density at radius 1 is 0.640 bits per heavy atom. The van der Waals surface area contributed by atoms with Crippen LogP contribution in [0.3, 0.4) is 0 Å². The third kappa shape index (κ3) is 3.04. The molecule has 1 aromatic heterocycles. The van der Waals surface area contributed by atoms with Gasteiger partial charge in [0.2, 0.25) is 0 Å². The maximum absolute atomic E-state index is 6.26. The average Bonchev–Trinajstić information content (AvgIpc) is 2.65. The molecule has 0 bridgehead atoms. The van der Waals surface area contributed by atoms with Crippen LogP contribution in [-0.4, -0.2) is 10.2 Å². The minimum absolute atomic E-state index is 0.533. The quantitative estimate of drug-likeness (QED) is 0.459. The molecule has 0 saturated carbocycles. The molecule has 0 unspecified atom stereocenters. The number of aromatic nitrogens is 2. The topological polar surface area (TPSA) is 37.8 Å². The summed E-state index contributed by atoms with van der Waals surface area (Å²) < 4.78 is 0. The second-order valence-corrected chi connectivity index (χ2v) is 6.34. The van der Waals surface area contributed by atoms with Crippen LogP contribution in [0.1, 0.15) is 0 Å². The van der Waals surface area contributed by atoms with E-state index in [4.69, 9.17) is 23.2 Å². The van der Waals surface area contributed by atoms with Gasteiger partial charge < -0.3 is 5.32 Å². The molecule has 0 amide bonds. The number of benzene rings is 3. The molecule has 0 radical (unpaired) electrons. The number of hydrogen-bond acceptors (Lipinski definition) is 3. The minimum atomic E-state index is 0.533. The van der Waals surface area contributed by atoms with E-state index in [-0.39, 0.29) is 0 Å². The third-order valence-electron chi connectivity index (χ3n) is 3.94. The molecule has 4 rings (SSSR count). The molecule has 3 nitrogen and oxygen atoms in total. The fourth-order valence-corrected chi connectivity index (χ4v) is 3.23. The number of nitrogens with one attached hydrogen (secondary N) is 1. The Labute approximate surface area is 155 Å². The van der Waals surface area contributed by atoms with Crippen LogP contribution in [-0.2, 0) is 0 Å². The Kier molecular flexibility index (Phi) is 4.26. The first kappa shape index (κ1) is 15.9. The Hall–Kier alpha value is -2.62. The van der Waals surface area contributed by atoms with E-state index in [1.807, 2.05) is 54.6 Å². The molecule has 3 aromatic carbocycles. The van der Waals surface area contributed by atoms with Crippen LogP contribution in [0.5, 0.6) is 0 Å². The summed E-state index contributed by atoms with van der Waals surface area (Å²) >= 11 is 12.5. The van der Waals surface area contributed by atoms with Crippen LogP contribution in [0.15, 0.2) is 72.8 Å². The van der Waals surface area contributed by atoms with Gasteiger partial charge in [0.25, 0.3) is 0 Å². The van der Waals surface area contributed by atoms with Crippen LogP contribution in [0.2, 0.25) is 10.0 Å². The lowest BCUT2D eigenvalue weighted by Crippen LogP contribution is -2.00. The maximum Gasteiger partial charge on any atom is 0.161 e. The zero-order chi connectivity index (χ0) is 17.2. The monoisotopic (exact) mass is 365 g/mol. The fraction of sp³-hybridized carbons (Fsp3) is 0. The smallest absolute Gasteiger partial charge is 0.161 e. The highest BCUT2D eigenvalue weighted by atomic mass is 35.5. The molecule has 0 aliphatic heterocycles. The molecular weight excluding hydrogens is 353 g/mol. The van der Waals surface area contributed by atoms with Gasteiger partial charge in [-0.05, 0) is 12.1 Å². The summed E-state index contributed by atoms with van der Waals surface area (Å²) in [6, 6.07) is 23.4. The average molecular weight is 366 g/mol. The number of fused-ring (bicyclic) bond motifs is 1. The van der Waals surface area contributed by atoms with Gasteiger partial charge in [-0.25, -0.2) is 0 Å². The lowest BCUT2D eigenvalue weighted by Gasteiger charge is -2.13. The first-order valence-electron chi connectivity index (χ1n) is 7.76. The van der Waals surface area contributed by atoms with E-state index in [2.05, 4.69) is 15.5 Å². The van der Waals surface area contributed by atoms with Crippen molar-refractivity contribution in [1.29, 1.82) is 0 Å². The predicted octanol–water partition coefficient (Wildman–Crippen LogP) is 6.35. The Morgan fingerprint density at radius 2 is 1.28 bits per heavy atom. The summed E-state index contributed by atoms with van der Waals surface area (Å²) in [7, 11) is 0. The summed E-state index contributed by atoms with van der Waals surface area (Å²) in [6.45, 7) is 0. The van der Waals surface area contributed by atoms with E-state index in [1.165, 1.54) is 0 Å². The summed E-state index contributed by atoms with van der Waals surface area (Å²) in [4.78, 5) is 0. The van der Waals surface area contributed by atoms with Crippen LogP contribution in [0, 0.1) is 0 Å². The van der Waals surface area contributed by atoms with Crippen molar-refractivity contribution < 1.29 is 0 Å². The standard InChI is InChI=1S/C20H13Cl2N3/c21-16-11-6-12-17(22)19(16)23-20-15-10-5-4-9-14(15)18(24-25-20)13-7-2-1-3-8-13/h1-12H,(H,23,25).